The second kappa shape index (κ2) is 7.96. The summed E-state index contributed by atoms with van der Waals surface area (Å²) in [6.45, 7) is 2.30. The lowest BCUT2D eigenvalue weighted by atomic mass is 10.1. The van der Waals surface area contributed by atoms with Crippen LogP contribution >= 0.6 is 12.2 Å². The molecule has 11 heteroatoms. The lowest BCUT2D eigenvalue weighted by molar-refractivity contribution is -0.112. The monoisotopic (exact) mass is 428 g/mol. The number of hydrazone groups is 1. The number of nitrogens with one attached hydrogen (secondary N) is 2. The van der Waals surface area contributed by atoms with Crippen LogP contribution in [0.2, 0.25) is 0 Å². The highest BCUT2D eigenvalue weighted by atomic mass is 32.2. The van der Waals surface area contributed by atoms with E-state index in [1.54, 1.807) is 23.1 Å². The smallest absolute Gasteiger partial charge is 0.279 e. The maximum Gasteiger partial charge on any atom is 0.279 e. The van der Waals surface area contributed by atoms with E-state index in [4.69, 9.17) is 22.6 Å². The Morgan fingerprint density at radius 1 is 1.28 bits per heavy atom. The molecule has 0 aromatic heterocycles. The Morgan fingerprint density at radius 3 is 2.55 bits per heavy atom. The van der Waals surface area contributed by atoms with Gasteiger partial charge in [0.1, 0.15) is 0 Å². The number of carbonyl (C=O) groups excluding carboxylic acids is 1. The highest BCUT2D eigenvalue weighted by Crippen LogP contribution is 2.29. The Morgan fingerprint density at radius 2 is 1.97 bits per heavy atom. The molecule has 0 fully saturated rings. The van der Waals surface area contributed by atoms with Gasteiger partial charge in [0, 0.05) is 17.8 Å². The van der Waals surface area contributed by atoms with Gasteiger partial charge in [-0.3, -0.25) is 10.2 Å². The van der Waals surface area contributed by atoms with Crippen molar-refractivity contribution in [2.24, 2.45) is 10.2 Å². The fourth-order valence-corrected chi connectivity index (χ4v) is 3.48. The molecule has 3 rings (SSSR count). The molecule has 0 bridgehead atoms. The Labute approximate surface area is 172 Å². The first-order chi connectivity index (χ1) is 13.7. The molecular weight excluding hydrogens is 412 g/mol. The second-order valence-electron chi connectivity index (χ2n) is 5.99. The zero-order valence-electron chi connectivity index (χ0n) is 15.2. The van der Waals surface area contributed by atoms with Gasteiger partial charge in [0.25, 0.3) is 5.91 Å². The number of nitriles is 1. The molecule has 0 saturated heterocycles. The molecule has 2 aromatic rings. The number of rotatable bonds is 4. The van der Waals surface area contributed by atoms with Gasteiger partial charge in [-0.1, -0.05) is 0 Å². The molecule has 4 N–H and O–H groups in total. The third kappa shape index (κ3) is 4.24. The molecule has 9 nitrogen and oxygen atoms in total. The number of primary sulfonamides is 1. The van der Waals surface area contributed by atoms with E-state index in [9.17, 15) is 13.2 Å². The molecule has 1 aliphatic heterocycles. The predicted molar refractivity (Wildman–Crippen MR) is 113 cm³/mol. The molecule has 148 valence electrons. The second-order valence-corrected chi connectivity index (χ2v) is 7.96. The van der Waals surface area contributed by atoms with Crippen molar-refractivity contribution in [2.45, 2.75) is 11.8 Å². The van der Waals surface area contributed by atoms with Gasteiger partial charge >= 0.3 is 0 Å². The summed E-state index contributed by atoms with van der Waals surface area (Å²) < 4.78 is 22.6. The van der Waals surface area contributed by atoms with Crippen molar-refractivity contribution < 1.29 is 13.2 Å². The minimum atomic E-state index is -3.78. The van der Waals surface area contributed by atoms with E-state index in [0.29, 0.717) is 29.0 Å². The number of hydrogen-bond acceptors (Lipinski definition) is 6. The fourth-order valence-electron chi connectivity index (χ4n) is 2.80. The van der Waals surface area contributed by atoms with Crippen molar-refractivity contribution in [3.63, 3.8) is 0 Å². The van der Waals surface area contributed by atoms with Crippen molar-refractivity contribution in [1.82, 2.24) is 5.43 Å². The van der Waals surface area contributed by atoms with Crippen molar-refractivity contribution in [2.75, 3.05) is 16.8 Å². The van der Waals surface area contributed by atoms with E-state index in [-0.39, 0.29) is 21.6 Å². The van der Waals surface area contributed by atoms with Crippen molar-refractivity contribution >= 4 is 50.3 Å². The number of likely N-dealkylation sites (N-methyl/N-ethyl adjacent to an activating group) is 1. The van der Waals surface area contributed by atoms with E-state index in [0.717, 1.165) is 0 Å². The van der Waals surface area contributed by atoms with E-state index in [2.05, 4.69) is 15.8 Å². The molecule has 2 aromatic carbocycles. The van der Waals surface area contributed by atoms with Crippen molar-refractivity contribution in [1.29, 1.82) is 5.26 Å². The molecule has 0 unspecified atom stereocenters. The Kier molecular flexibility index (Phi) is 5.60. The van der Waals surface area contributed by atoms with Crippen LogP contribution in [-0.2, 0) is 14.8 Å². The van der Waals surface area contributed by atoms with E-state index >= 15 is 0 Å². The van der Waals surface area contributed by atoms with Gasteiger partial charge in [-0.05, 0) is 61.6 Å². The quantitative estimate of drug-likeness (QED) is 0.492. The van der Waals surface area contributed by atoms with Crippen LogP contribution in [0.5, 0.6) is 0 Å². The van der Waals surface area contributed by atoms with Gasteiger partial charge in [0.2, 0.25) is 10.0 Å². The minimum Gasteiger partial charge on any atom is -0.331 e. The van der Waals surface area contributed by atoms with Gasteiger partial charge in [-0.15, -0.1) is 0 Å². The number of hydrogen-bond donors (Lipinski definition) is 3. The summed E-state index contributed by atoms with van der Waals surface area (Å²) in [5.41, 5.74) is 4.90. The number of amides is 1. The fraction of sp³-hybridized carbons (Fsp3) is 0.111. The molecule has 1 amide bonds. The SMILES string of the molecule is CCN1C(=O)C(=NNC(=S)Nc2ccc(S(N)(=O)=O)cc2)c2cc(C#N)ccc21. The summed E-state index contributed by atoms with van der Waals surface area (Å²) in [5.74, 6) is -0.301. The average molecular weight is 428 g/mol. The number of nitrogens with zero attached hydrogens (tertiary/aromatic N) is 3. The standard InChI is InChI=1S/C18H16N6O3S2/c1-2-24-15-8-3-11(10-19)9-14(15)16(17(24)25)22-23-18(28)21-12-4-6-13(7-5-12)29(20,26)27/h3-9H,2H2,1H3,(H2,20,26,27)(H2,21,23,28). The van der Waals surface area contributed by atoms with Crippen LogP contribution in [0.25, 0.3) is 0 Å². The summed E-state index contributed by atoms with van der Waals surface area (Å²) in [5, 5.41) is 21.2. The van der Waals surface area contributed by atoms with Crippen molar-refractivity contribution in [3.8, 4) is 6.07 Å². The van der Waals surface area contributed by atoms with E-state index in [1.807, 2.05) is 13.0 Å². The highest BCUT2D eigenvalue weighted by molar-refractivity contribution is 7.89. The van der Waals surface area contributed by atoms with Gasteiger partial charge < -0.3 is 10.2 Å². The molecule has 1 heterocycles. The molecule has 0 atom stereocenters. The first kappa shape index (κ1) is 20.4. The zero-order chi connectivity index (χ0) is 21.2. The van der Waals surface area contributed by atoms with Gasteiger partial charge in [0.05, 0.1) is 22.2 Å². The van der Waals surface area contributed by atoms with E-state index in [1.165, 1.54) is 24.3 Å². The third-order valence-electron chi connectivity index (χ3n) is 4.15. The van der Waals surface area contributed by atoms with Crippen molar-refractivity contribution in [3.05, 3.63) is 53.6 Å². The summed E-state index contributed by atoms with van der Waals surface area (Å²) in [4.78, 5) is 14.2. The van der Waals surface area contributed by atoms with Gasteiger partial charge in [-0.2, -0.15) is 10.4 Å². The van der Waals surface area contributed by atoms with Crippen LogP contribution < -0.4 is 20.8 Å². The molecule has 29 heavy (non-hydrogen) atoms. The first-order valence-corrected chi connectivity index (χ1v) is 10.3. The minimum absolute atomic E-state index is 0.0247. The lowest BCUT2D eigenvalue weighted by Crippen LogP contribution is -2.32. The number of fused-ring (bicyclic) bond motifs is 1. The number of nitrogens with two attached hydrogens (primary N) is 1. The zero-order valence-corrected chi connectivity index (χ0v) is 16.8. The molecule has 0 aliphatic carbocycles. The average Bonchev–Trinajstić information content (AvgIpc) is 2.95. The molecule has 0 spiro atoms. The topological polar surface area (TPSA) is 141 Å². The summed E-state index contributed by atoms with van der Waals surface area (Å²) in [6, 6.07) is 12.7. The number of sulfonamides is 1. The first-order valence-electron chi connectivity index (χ1n) is 8.38. The van der Waals surface area contributed by atoms with Crippen LogP contribution in [0.3, 0.4) is 0 Å². The number of anilines is 2. The number of carbonyl (C=O) groups is 1. The Balaban J connectivity index is 1.78. The highest BCUT2D eigenvalue weighted by Gasteiger charge is 2.33. The summed E-state index contributed by atoms with van der Waals surface area (Å²) >= 11 is 5.17. The molecular formula is C18H16N6O3S2. The summed E-state index contributed by atoms with van der Waals surface area (Å²) in [7, 11) is -3.78. The van der Waals surface area contributed by atoms with Crippen LogP contribution in [0.1, 0.15) is 18.1 Å². The Bertz CT molecular complexity index is 1170. The molecule has 0 saturated carbocycles. The lowest BCUT2D eigenvalue weighted by Gasteiger charge is -2.13. The third-order valence-corrected chi connectivity index (χ3v) is 5.27. The van der Waals surface area contributed by atoms with Crippen LogP contribution in [0, 0.1) is 11.3 Å². The summed E-state index contributed by atoms with van der Waals surface area (Å²) in [6.07, 6.45) is 0. The van der Waals surface area contributed by atoms with E-state index < -0.39 is 10.0 Å². The number of benzene rings is 2. The predicted octanol–water partition coefficient (Wildman–Crippen LogP) is 1.26. The maximum absolute atomic E-state index is 12.6. The number of thiocarbonyl (C=S) groups is 1. The molecule has 0 radical (unpaired) electrons. The molecule has 1 aliphatic rings. The van der Waals surface area contributed by atoms with Gasteiger partial charge in [-0.25, -0.2) is 13.6 Å². The van der Waals surface area contributed by atoms with Crippen LogP contribution in [-0.4, -0.2) is 31.7 Å². The van der Waals surface area contributed by atoms with Gasteiger partial charge in [0.15, 0.2) is 10.8 Å². The normalized spacial score (nSPS) is 14.4. The van der Waals surface area contributed by atoms with Crippen LogP contribution in [0.4, 0.5) is 11.4 Å². The van der Waals surface area contributed by atoms with Crippen LogP contribution in [0.15, 0.2) is 52.5 Å². The maximum atomic E-state index is 12.6. The largest absolute Gasteiger partial charge is 0.331 e. The Hall–Kier alpha value is -3.33.